The Hall–Kier alpha value is -1.57. The van der Waals surface area contributed by atoms with Gasteiger partial charge in [-0.3, -0.25) is 4.98 Å². The molecule has 1 heterocycles. The standard InChI is InChI=1S/C16H13N2.Ir/c1-11-10-17-16(12(2)18-11)15-9-5-7-13-6-3-4-8-14(13)15;/h3-8,10H,1-2H3;/q-1;. The Morgan fingerprint density at radius 2 is 1.84 bits per heavy atom. The predicted molar refractivity (Wildman–Crippen MR) is 73.3 cm³/mol. The minimum Gasteiger partial charge on any atom is -0.301 e. The van der Waals surface area contributed by atoms with E-state index in [1.165, 1.54) is 10.8 Å². The van der Waals surface area contributed by atoms with Gasteiger partial charge in [0, 0.05) is 37.7 Å². The van der Waals surface area contributed by atoms with Crippen molar-refractivity contribution in [2.45, 2.75) is 13.8 Å². The summed E-state index contributed by atoms with van der Waals surface area (Å²) in [5.74, 6) is 0. The van der Waals surface area contributed by atoms with Gasteiger partial charge in [0.2, 0.25) is 0 Å². The normalized spacial score (nSPS) is 10.2. The van der Waals surface area contributed by atoms with E-state index >= 15 is 0 Å². The number of hydrogen-bond acceptors (Lipinski definition) is 2. The third kappa shape index (κ3) is 2.58. The second-order valence-electron chi connectivity index (χ2n) is 4.39. The summed E-state index contributed by atoms with van der Waals surface area (Å²) in [5.41, 5.74) is 3.83. The summed E-state index contributed by atoms with van der Waals surface area (Å²) >= 11 is 0. The van der Waals surface area contributed by atoms with E-state index in [1.807, 2.05) is 32.0 Å². The van der Waals surface area contributed by atoms with Gasteiger partial charge in [-0.25, -0.2) is 0 Å². The third-order valence-electron chi connectivity index (χ3n) is 3.02. The van der Waals surface area contributed by atoms with Crippen molar-refractivity contribution in [2.24, 2.45) is 0 Å². The monoisotopic (exact) mass is 426 g/mol. The number of benzene rings is 2. The molecule has 3 heteroatoms. The maximum atomic E-state index is 4.50. The van der Waals surface area contributed by atoms with Gasteiger partial charge in [0.1, 0.15) is 0 Å². The van der Waals surface area contributed by atoms with Crippen molar-refractivity contribution in [3.8, 4) is 11.3 Å². The molecule has 0 saturated carbocycles. The second-order valence-corrected chi connectivity index (χ2v) is 4.39. The van der Waals surface area contributed by atoms with Crippen LogP contribution < -0.4 is 0 Å². The first-order valence-corrected chi connectivity index (χ1v) is 5.96. The number of aryl methyl sites for hydroxylation is 2. The van der Waals surface area contributed by atoms with Crippen molar-refractivity contribution >= 4 is 10.8 Å². The van der Waals surface area contributed by atoms with Crippen LogP contribution in [0.5, 0.6) is 0 Å². The summed E-state index contributed by atoms with van der Waals surface area (Å²) in [6.07, 6.45) is 1.80. The Morgan fingerprint density at radius 3 is 2.63 bits per heavy atom. The smallest absolute Gasteiger partial charge is 0.0539 e. The van der Waals surface area contributed by atoms with Crippen molar-refractivity contribution in [3.63, 3.8) is 0 Å². The average molecular weight is 426 g/mol. The molecule has 0 spiro atoms. The molecule has 0 unspecified atom stereocenters. The van der Waals surface area contributed by atoms with Crippen LogP contribution in [0.3, 0.4) is 0 Å². The van der Waals surface area contributed by atoms with Crippen molar-refractivity contribution in [1.82, 2.24) is 9.97 Å². The topological polar surface area (TPSA) is 25.8 Å². The van der Waals surface area contributed by atoms with E-state index in [0.717, 1.165) is 22.6 Å². The zero-order chi connectivity index (χ0) is 12.5. The largest absolute Gasteiger partial charge is 0.301 e. The fourth-order valence-corrected chi connectivity index (χ4v) is 2.20. The first-order chi connectivity index (χ1) is 8.75. The fourth-order valence-electron chi connectivity index (χ4n) is 2.20. The van der Waals surface area contributed by atoms with Gasteiger partial charge in [-0.1, -0.05) is 29.7 Å². The van der Waals surface area contributed by atoms with E-state index in [-0.39, 0.29) is 20.1 Å². The third-order valence-corrected chi connectivity index (χ3v) is 3.02. The van der Waals surface area contributed by atoms with Gasteiger partial charge in [-0.15, -0.1) is 29.1 Å². The number of nitrogens with zero attached hydrogens (tertiary/aromatic N) is 2. The summed E-state index contributed by atoms with van der Waals surface area (Å²) in [6, 6.07) is 15.6. The quantitative estimate of drug-likeness (QED) is 0.556. The zero-order valence-electron chi connectivity index (χ0n) is 10.8. The van der Waals surface area contributed by atoms with Crippen molar-refractivity contribution in [3.05, 3.63) is 60.0 Å². The van der Waals surface area contributed by atoms with Gasteiger partial charge < -0.3 is 4.98 Å². The summed E-state index contributed by atoms with van der Waals surface area (Å²) in [6.45, 7) is 3.95. The van der Waals surface area contributed by atoms with Crippen LogP contribution in [0.1, 0.15) is 11.4 Å². The van der Waals surface area contributed by atoms with Crippen LogP contribution in [0.4, 0.5) is 0 Å². The predicted octanol–water partition coefficient (Wildman–Crippen LogP) is 3.71. The minimum absolute atomic E-state index is 0. The number of aromatic nitrogens is 2. The van der Waals surface area contributed by atoms with Crippen LogP contribution >= 0.6 is 0 Å². The number of hydrogen-bond donors (Lipinski definition) is 0. The first-order valence-electron chi connectivity index (χ1n) is 5.96. The molecule has 2 aromatic carbocycles. The number of rotatable bonds is 1. The summed E-state index contributed by atoms with van der Waals surface area (Å²) in [5, 5.41) is 2.37. The molecule has 19 heavy (non-hydrogen) atoms. The van der Waals surface area contributed by atoms with Crippen LogP contribution in [0, 0.1) is 19.9 Å². The SMILES string of the molecule is Cc1cnc(-c2[c-]ccc3ccccc23)c(C)n1.[Ir]. The molecule has 0 aliphatic carbocycles. The van der Waals surface area contributed by atoms with Gasteiger partial charge in [0.05, 0.1) is 5.69 Å². The van der Waals surface area contributed by atoms with Crippen LogP contribution in [0.2, 0.25) is 0 Å². The first kappa shape index (κ1) is 13.9. The van der Waals surface area contributed by atoms with Gasteiger partial charge in [-0.2, -0.15) is 0 Å². The maximum absolute atomic E-state index is 4.50. The van der Waals surface area contributed by atoms with E-state index in [4.69, 9.17) is 0 Å². The Labute approximate surface area is 126 Å². The molecule has 0 aliphatic rings. The van der Waals surface area contributed by atoms with Gasteiger partial charge >= 0.3 is 0 Å². The van der Waals surface area contributed by atoms with Gasteiger partial charge in [0.15, 0.2) is 0 Å². The van der Waals surface area contributed by atoms with Crippen molar-refractivity contribution in [1.29, 1.82) is 0 Å². The van der Waals surface area contributed by atoms with Crippen LogP contribution in [-0.2, 0) is 20.1 Å². The van der Waals surface area contributed by atoms with Crippen LogP contribution in [0.25, 0.3) is 22.0 Å². The average Bonchev–Trinajstić information content (AvgIpc) is 2.38. The van der Waals surface area contributed by atoms with Crippen LogP contribution in [-0.4, -0.2) is 9.97 Å². The molecule has 3 rings (SSSR count). The summed E-state index contributed by atoms with van der Waals surface area (Å²) in [4.78, 5) is 8.98. The molecule has 0 saturated heterocycles. The molecule has 0 fully saturated rings. The Bertz CT molecular complexity index is 718. The molecule has 0 aliphatic heterocycles. The molecule has 1 aromatic heterocycles. The Morgan fingerprint density at radius 1 is 1.05 bits per heavy atom. The maximum Gasteiger partial charge on any atom is 0.0539 e. The molecule has 0 bridgehead atoms. The molecular weight excluding hydrogens is 412 g/mol. The molecule has 97 valence electrons. The van der Waals surface area contributed by atoms with E-state index in [1.54, 1.807) is 6.20 Å². The van der Waals surface area contributed by atoms with E-state index in [0.29, 0.717) is 0 Å². The van der Waals surface area contributed by atoms with Crippen LogP contribution in [0.15, 0.2) is 42.6 Å². The Kier molecular flexibility index (Phi) is 4.08. The molecule has 2 nitrogen and oxygen atoms in total. The summed E-state index contributed by atoms with van der Waals surface area (Å²) < 4.78 is 0. The molecular formula is C16H13IrN2-. The molecule has 0 atom stereocenters. The number of fused-ring (bicyclic) bond motifs is 1. The zero-order valence-corrected chi connectivity index (χ0v) is 13.2. The van der Waals surface area contributed by atoms with Gasteiger partial charge in [-0.05, 0) is 13.8 Å². The Balaban J connectivity index is 0.00000133. The van der Waals surface area contributed by atoms with E-state index in [2.05, 4.69) is 34.2 Å². The molecule has 1 radical (unpaired) electrons. The molecule has 0 amide bonds. The van der Waals surface area contributed by atoms with Crippen molar-refractivity contribution < 1.29 is 20.1 Å². The van der Waals surface area contributed by atoms with Crippen molar-refractivity contribution in [2.75, 3.05) is 0 Å². The second kappa shape index (κ2) is 5.60. The van der Waals surface area contributed by atoms with E-state index in [9.17, 15) is 0 Å². The molecule has 3 aromatic rings. The summed E-state index contributed by atoms with van der Waals surface area (Å²) in [7, 11) is 0. The minimum atomic E-state index is 0. The van der Waals surface area contributed by atoms with E-state index < -0.39 is 0 Å². The van der Waals surface area contributed by atoms with Gasteiger partial charge in [0.25, 0.3) is 0 Å². The molecule has 0 N–H and O–H groups in total. The fraction of sp³-hybridized carbons (Fsp3) is 0.125.